The third-order valence-electron chi connectivity index (χ3n) is 3.15. The van der Waals surface area contributed by atoms with Gasteiger partial charge in [0.25, 0.3) is 0 Å². The molecule has 3 rings (SSSR count). The van der Waals surface area contributed by atoms with Gasteiger partial charge >= 0.3 is 0 Å². The highest BCUT2D eigenvalue weighted by atomic mass is 32.2. The molecule has 0 atom stereocenters. The monoisotopic (exact) mass is 329 g/mol. The molecule has 4 nitrogen and oxygen atoms in total. The predicted molar refractivity (Wildman–Crippen MR) is 91.1 cm³/mol. The quantitative estimate of drug-likeness (QED) is 0.673. The van der Waals surface area contributed by atoms with E-state index in [1.165, 1.54) is 11.8 Å². The number of para-hydroxylation sites is 1. The van der Waals surface area contributed by atoms with Gasteiger partial charge in [-0.05, 0) is 24.3 Å². The zero-order valence-corrected chi connectivity index (χ0v) is 13.7. The van der Waals surface area contributed by atoms with Crippen molar-refractivity contribution in [1.29, 1.82) is 0 Å². The minimum absolute atomic E-state index is 0.0982. The average Bonchev–Trinajstić information content (AvgIpc) is 2.95. The minimum Gasteiger partial charge on any atom is -0.338 e. The van der Waals surface area contributed by atoms with Gasteiger partial charge in [0, 0.05) is 24.3 Å². The topological polar surface area (TPSA) is 46.1 Å². The molecule has 22 heavy (non-hydrogen) atoms. The van der Waals surface area contributed by atoms with Gasteiger partial charge in [-0.15, -0.1) is 23.1 Å². The molecule has 0 N–H and O–H groups in total. The van der Waals surface area contributed by atoms with E-state index < -0.39 is 0 Å². The van der Waals surface area contributed by atoms with Crippen molar-refractivity contribution in [3.8, 4) is 0 Å². The number of pyridine rings is 1. The van der Waals surface area contributed by atoms with Crippen molar-refractivity contribution in [3.63, 3.8) is 0 Å². The highest BCUT2D eigenvalue weighted by Crippen LogP contribution is 2.23. The van der Waals surface area contributed by atoms with Gasteiger partial charge in [0.1, 0.15) is 5.01 Å². The fourth-order valence-electron chi connectivity index (χ4n) is 1.97. The van der Waals surface area contributed by atoms with Crippen LogP contribution in [-0.2, 0) is 11.3 Å². The standard InChI is InChI=1S/C16H15N3OS2/c1-19(16(20)11-21-12-6-8-17-9-7-12)10-15-18-13-4-2-3-5-14(13)22-15/h2-9H,10-11H2,1H3. The fraction of sp³-hybridized carbons (Fsp3) is 0.188. The second-order valence-corrected chi connectivity index (χ2v) is 6.96. The lowest BCUT2D eigenvalue weighted by atomic mass is 10.3. The maximum Gasteiger partial charge on any atom is 0.233 e. The van der Waals surface area contributed by atoms with Gasteiger partial charge < -0.3 is 4.90 Å². The molecule has 1 amide bonds. The average molecular weight is 329 g/mol. The van der Waals surface area contributed by atoms with Crippen molar-refractivity contribution in [3.05, 3.63) is 53.8 Å². The summed E-state index contributed by atoms with van der Waals surface area (Å²) in [6, 6.07) is 11.8. The van der Waals surface area contributed by atoms with Crippen LogP contribution in [0.15, 0.2) is 53.7 Å². The smallest absolute Gasteiger partial charge is 0.233 e. The van der Waals surface area contributed by atoms with Crippen LogP contribution in [0.3, 0.4) is 0 Å². The summed E-state index contributed by atoms with van der Waals surface area (Å²) in [5.41, 5.74) is 0.995. The molecule has 112 valence electrons. The summed E-state index contributed by atoms with van der Waals surface area (Å²) in [5.74, 6) is 0.520. The molecule has 1 aromatic carbocycles. The third kappa shape index (κ3) is 3.64. The highest BCUT2D eigenvalue weighted by molar-refractivity contribution is 8.00. The van der Waals surface area contributed by atoms with Crippen molar-refractivity contribution >= 4 is 39.2 Å². The first-order valence-corrected chi connectivity index (χ1v) is 8.64. The lowest BCUT2D eigenvalue weighted by Crippen LogP contribution is -2.27. The van der Waals surface area contributed by atoms with Crippen LogP contribution in [0.4, 0.5) is 0 Å². The number of rotatable bonds is 5. The van der Waals surface area contributed by atoms with Crippen molar-refractivity contribution in [2.24, 2.45) is 0 Å². The Morgan fingerprint density at radius 1 is 1.23 bits per heavy atom. The van der Waals surface area contributed by atoms with Gasteiger partial charge in [0.05, 0.1) is 22.5 Å². The Morgan fingerprint density at radius 2 is 2.00 bits per heavy atom. The number of fused-ring (bicyclic) bond motifs is 1. The minimum atomic E-state index is 0.0982. The summed E-state index contributed by atoms with van der Waals surface area (Å²) in [4.78, 5) is 23.5. The number of amides is 1. The maximum atomic E-state index is 12.2. The van der Waals surface area contributed by atoms with Crippen LogP contribution in [0.5, 0.6) is 0 Å². The molecule has 0 aliphatic carbocycles. The van der Waals surface area contributed by atoms with E-state index >= 15 is 0 Å². The molecule has 0 aliphatic rings. The molecule has 0 aliphatic heterocycles. The Bertz CT molecular complexity index is 740. The van der Waals surface area contributed by atoms with Crippen LogP contribution in [0.1, 0.15) is 5.01 Å². The summed E-state index contributed by atoms with van der Waals surface area (Å²) >= 11 is 3.16. The zero-order chi connectivity index (χ0) is 15.4. The van der Waals surface area contributed by atoms with E-state index in [2.05, 4.69) is 16.0 Å². The molecule has 0 fully saturated rings. The van der Waals surface area contributed by atoms with Crippen molar-refractivity contribution in [1.82, 2.24) is 14.9 Å². The number of hydrogen-bond acceptors (Lipinski definition) is 5. The summed E-state index contributed by atoms with van der Waals surface area (Å²) in [7, 11) is 1.82. The number of carbonyl (C=O) groups is 1. The van der Waals surface area contributed by atoms with Gasteiger partial charge in [-0.1, -0.05) is 12.1 Å². The van der Waals surface area contributed by atoms with E-state index in [1.807, 2.05) is 37.4 Å². The van der Waals surface area contributed by atoms with Crippen LogP contribution in [0, 0.1) is 0 Å². The molecule has 0 bridgehead atoms. The highest BCUT2D eigenvalue weighted by Gasteiger charge is 2.12. The van der Waals surface area contributed by atoms with Crippen LogP contribution in [0.2, 0.25) is 0 Å². The zero-order valence-electron chi connectivity index (χ0n) is 12.1. The van der Waals surface area contributed by atoms with E-state index in [1.54, 1.807) is 28.6 Å². The number of aromatic nitrogens is 2. The number of hydrogen-bond donors (Lipinski definition) is 0. The Hall–Kier alpha value is -1.92. The molecule has 0 radical (unpaired) electrons. The second kappa shape index (κ2) is 6.89. The Kier molecular flexibility index (Phi) is 4.70. The molecule has 0 spiro atoms. The first-order chi connectivity index (χ1) is 10.7. The third-order valence-corrected chi connectivity index (χ3v) is 5.17. The number of carbonyl (C=O) groups excluding carboxylic acids is 1. The van der Waals surface area contributed by atoms with Crippen LogP contribution in [-0.4, -0.2) is 33.6 Å². The number of nitrogens with zero attached hydrogens (tertiary/aromatic N) is 3. The fourth-order valence-corrected chi connectivity index (χ4v) is 3.81. The lowest BCUT2D eigenvalue weighted by molar-refractivity contribution is -0.127. The number of benzene rings is 1. The molecule has 0 saturated carbocycles. The molecule has 0 saturated heterocycles. The van der Waals surface area contributed by atoms with Crippen LogP contribution >= 0.6 is 23.1 Å². The van der Waals surface area contributed by atoms with Crippen LogP contribution in [0.25, 0.3) is 10.2 Å². The van der Waals surface area contributed by atoms with E-state index in [4.69, 9.17) is 0 Å². The largest absolute Gasteiger partial charge is 0.338 e. The number of thioether (sulfide) groups is 1. The molecule has 0 unspecified atom stereocenters. The lowest BCUT2D eigenvalue weighted by Gasteiger charge is -2.15. The van der Waals surface area contributed by atoms with Gasteiger partial charge in [-0.2, -0.15) is 0 Å². The maximum absolute atomic E-state index is 12.2. The van der Waals surface area contributed by atoms with Crippen molar-refractivity contribution in [2.75, 3.05) is 12.8 Å². The number of thiazole rings is 1. The SMILES string of the molecule is CN(Cc1nc2ccccc2s1)C(=O)CSc1ccncc1. The van der Waals surface area contributed by atoms with E-state index in [9.17, 15) is 4.79 Å². The van der Waals surface area contributed by atoms with Crippen LogP contribution < -0.4 is 0 Å². The summed E-state index contributed by atoms with van der Waals surface area (Å²) in [6.07, 6.45) is 3.47. The first kappa shape index (κ1) is 15.0. The Labute approximate surface area is 137 Å². The Morgan fingerprint density at radius 3 is 2.77 bits per heavy atom. The Balaban J connectivity index is 1.58. The molecule has 6 heteroatoms. The molecule has 2 aromatic heterocycles. The van der Waals surface area contributed by atoms with Gasteiger partial charge in [-0.25, -0.2) is 4.98 Å². The summed E-state index contributed by atoms with van der Waals surface area (Å²) in [6.45, 7) is 0.551. The molecule has 3 aromatic rings. The second-order valence-electron chi connectivity index (χ2n) is 4.80. The van der Waals surface area contributed by atoms with Gasteiger partial charge in [0.15, 0.2) is 0 Å². The predicted octanol–water partition coefficient (Wildman–Crippen LogP) is 3.44. The van der Waals surface area contributed by atoms with E-state index in [0.717, 1.165) is 20.1 Å². The molecule has 2 heterocycles. The summed E-state index contributed by atoms with van der Waals surface area (Å²) < 4.78 is 1.16. The van der Waals surface area contributed by atoms with Crippen molar-refractivity contribution < 1.29 is 4.79 Å². The van der Waals surface area contributed by atoms with E-state index in [0.29, 0.717) is 12.3 Å². The summed E-state index contributed by atoms with van der Waals surface area (Å²) in [5, 5.41) is 0.964. The molecular weight excluding hydrogens is 314 g/mol. The first-order valence-electron chi connectivity index (χ1n) is 6.83. The normalized spacial score (nSPS) is 10.8. The molecular formula is C16H15N3OS2. The van der Waals surface area contributed by atoms with Gasteiger partial charge in [0.2, 0.25) is 5.91 Å². The van der Waals surface area contributed by atoms with E-state index in [-0.39, 0.29) is 5.91 Å². The van der Waals surface area contributed by atoms with Crippen molar-refractivity contribution in [2.45, 2.75) is 11.4 Å². The van der Waals surface area contributed by atoms with Gasteiger partial charge in [-0.3, -0.25) is 9.78 Å².